The highest BCUT2D eigenvalue weighted by Crippen LogP contribution is 2.30. The summed E-state index contributed by atoms with van der Waals surface area (Å²) in [4.78, 5) is 0. The van der Waals surface area contributed by atoms with Gasteiger partial charge in [-0.05, 0) is 0 Å². The van der Waals surface area contributed by atoms with Gasteiger partial charge in [0.2, 0.25) is 0 Å². The quantitative estimate of drug-likeness (QED) is 0.751. The van der Waals surface area contributed by atoms with Crippen molar-refractivity contribution >= 4 is 10.4 Å². The van der Waals surface area contributed by atoms with Crippen LogP contribution in [0, 0.1) is 0 Å². The summed E-state index contributed by atoms with van der Waals surface area (Å²) < 4.78 is 42.6. The topological polar surface area (TPSA) is 71.1 Å². The highest BCUT2D eigenvalue weighted by Gasteiger charge is 2.41. The monoisotopic (exact) mass is 272 g/mol. The summed E-state index contributed by atoms with van der Waals surface area (Å²) in [6, 6.07) is 9.42. The summed E-state index contributed by atoms with van der Waals surface area (Å²) >= 11 is 0. The number of benzene rings is 1. The molecule has 1 aromatic rings. The van der Waals surface area contributed by atoms with Crippen LogP contribution in [0.1, 0.15) is 11.9 Å². The van der Waals surface area contributed by atoms with Crippen LogP contribution in [0.15, 0.2) is 30.3 Å². The lowest BCUT2D eigenvalue weighted by Crippen LogP contribution is -2.49. The molecule has 0 radical (unpaired) electrons. The molecule has 3 rings (SSSR count). The Morgan fingerprint density at radius 2 is 1.83 bits per heavy atom. The summed E-state index contributed by atoms with van der Waals surface area (Å²) in [5.41, 5.74) is 0.879. The molecule has 0 spiro atoms. The average Bonchev–Trinajstić information content (AvgIpc) is 2.38. The highest BCUT2D eigenvalue weighted by molar-refractivity contribution is 7.81. The molecule has 0 saturated carbocycles. The lowest BCUT2D eigenvalue weighted by molar-refractivity contribution is -0.264. The normalized spacial score (nSPS) is 34.8. The van der Waals surface area contributed by atoms with E-state index in [-0.39, 0.29) is 13.2 Å². The van der Waals surface area contributed by atoms with Gasteiger partial charge in [0.1, 0.15) is 12.2 Å². The lowest BCUT2D eigenvalue weighted by Gasteiger charge is -2.37. The van der Waals surface area contributed by atoms with Crippen LogP contribution in [0.3, 0.4) is 0 Å². The minimum atomic E-state index is -3.90. The summed E-state index contributed by atoms with van der Waals surface area (Å²) in [5.74, 6) is 0. The molecular weight excluding hydrogens is 260 g/mol. The van der Waals surface area contributed by atoms with E-state index in [1.165, 1.54) is 0 Å². The van der Waals surface area contributed by atoms with Crippen molar-refractivity contribution in [2.24, 2.45) is 0 Å². The molecule has 2 aliphatic heterocycles. The molecule has 2 fully saturated rings. The van der Waals surface area contributed by atoms with Crippen LogP contribution in [-0.2, 0) is 28.2 Å². The Morgan fingerprint density at radius 1 is 1.06 bits per heavy atom. The van der Waals surface area contributed by atoms with Gasteiger partial charge in [-0.3, -0.25) is 0 Å². The fourth-order valence-electron chi connectivity index (χ4n) is 1.93. The molecule has 0 aromatic heterocycles. The molecule has 0 unspecified atom stereocenters. The second-order valence-corrected chi connectivity index (χ2v) is 5.32. The van der Waals surface area contributed by atoms with Crippen molar-refractivity contribution in [2.75, 3.05) is 13.2 Å². The van der Waals surface area contributed by atoms with E-state index in [2.05, 4.69) is 4.18 Å². The van der Waals surface area contributed by atoms with Crippen molar-refractivity contribution in [3.05, 3.63) is 35.9 Å². The Kier molecular flexibility index (Phi) is 3.08. The minimum absolute atomic E-state index is 0.0420. The van der Waals surface area contributed by atoms with Gasteiger partial charge in [0, 0.05) is 5.56 Å². The summed E-state index contributed by atoms with van der Waals surface area (Å²) in [7, 11) is -3.90. The van der Waals surface area contributed by atoms with Crippen molar-refractivity contribution in [1.82, 2.24) is 0 Å². The van der Waals surface area contributed by atoms with Gasteiger partial charge in [-0.1, -0.05) is 30.3 Å². The third kappa shape index (κ3) is 2.40. The van der Waals surface area contributed by atoms with E-state index in [1.807, 2.05) is 30.3 Å². The van der Waals surface area contributed by atoms with Gasteiger partial charge in [-0.25, -0.2) is 8.37 Å². The van der Waals surface area contributed by atoms with E-state index in [9.17, 15) is 8.42 Å². The SMILES string of the molecule is O=S1(=O)OC[C@H]2O[C@@H](c3ccccc3)OC[C@@H]2O1. The molecule has 3 atom stereocenters. The van der Waals surface area contributed by atoms with E-state index in [0.29, 0.717) is 0 Å². The standard InChI is InChI=1S/C11H12O6S/c12-18(13)15-7-9-10(17-18)6-14-11(16-9)8-4-2-1-3-5-8/h1-5,9-11H,6-7H2/t9-,10+,11+/m1/s1. The number of fused-ring (bicyclic) bond motifs is 1. The first-order valence-corrected chi connectivity index (χ1v) is 6.87. The van der Waals surface area contributed by atoms with Crippen molar-refractivity contribution in [1.29, 1.82) is 0 Å². The van der Waals surface area contributed by atoms with Crippen LogP contribution in [0.4, 0.5) is 0 Å². The van der Waals surface area contributed by atoms with Crippen molar-refractivity contribution in [2.45, 2.75) is 18.5 Å². The Labute approximate surface area is 105 Å². The van der Waals surface area contributed by atoms with Crippen LogP contribution in [0.2, 0.25) is 0 Å². The van der Waals surface area contributed by atoms with E-state index in [0.717, 1.165) is 5.56 Å². The van der Waals surface area contributed by atoms with Gasteiger partial charge < -0.3 is 9.47 Å². The molecule has 0 aliphatic carbocycles. The Morgan fingerprint density at radius 3 is 2.61 bits per heavy atom. The van der Waals surface area contributed by atoms with Crippen molar-refractivity contribution in [3.63, 3.8) is 0 Å². The van der Waals surface area contributed by atoms with Crippen molar-refractivity contribution in [3.8, 4) is 0 Å². The second kappa shape index (κ2) is 4.60. The van der Waals surface area contributed by atoms with E-state index < -0.39 is 28.9 Å². The predicted octanol–water partition coefficient (Wildman–Crippen LogP) is 0.761. The molecule has 2 heterocycles. The van der Waals surface area contributed by atoms with Gasteiger partial charge in [0.15, 0.2) is 6.29 Å². The molecule has 18 heavy (non-hydrogen) atoms. The molecule has 1 aromatic carbocycles. The first kappa shape index (κ1) is 12.1. The summed E-state index contributed by atoms with van der Waals surface area (Å²) in [6.45, 7) is 0.118. The fraction of sp³-hybridized carbons (Fsp3) is 0.455. The predicted molar refractivity (Wildman–Crippen MR) is 59.8 cm³/mol. The first-order chi connectivity index (χ1) is 8.64. The largest absolute Gasteiger partial charge is 0.400 e. The molecular formula is C11H12O6S. The Balaban J connectivity index is 1.72. The van der Waals surface area contributed by atoms with Gasteiger partial charge in [0.25, 0.3) is 0 Å². The van der Waals surface area contributed by atoms with E-state index in [4.69, 9.17) is 13.7 Å². The first-order valence-electron chi connectivity index (χ1n) is 5.54. The molecule has 0 N–H and O–H groups in total. The third-order valence-electron chi connectivity index (χ3n) is 2.81. The third-order valence-corrected chi connectivity index (χ3v) is 3.72. The summed E-state index contributed by atoms with van der Waals surface area (Å²) in [6.07, 6.45) is -1.59. The number of hydrogen-bond acceptors (Lipinski definition) is 6. The number of hydrogen-bond donors (Lipinski definition) is 0. The average molecular weight is 272 g/mol. The molecule has 2 saturated heterocycles. The molecule has 98 valence electrons. The second-order valence-electron chi connectivity index (χ2n) is 4.08. The van der Waals surface area contributed by atoms with Crippen LogP contribution in [0.25, 0.3) is 0 Å². The van der Waals surface area contributed by atoms with E-state index >= 15 is 0 Å². The molecule has 6 nitrogen and oxygen atoms in total. The lowest BCUT2D eigenvalue weighted by atomic mass is 10.1. The molecule has 0 bridgehead atoms. The van der Waals surface area contributed by atoms with Crippen LogP contribution < -0.4 is 0 Å². The zero-order valence-corrected chi connectivity index (χ0v) is 10.2. The maximum atomic E-state index is 11.1. The zero-order chi connectivity index (χ0) is 12.6. The molecule has 7 heteroatoms. The number of ether oxygens (including phenoxy) is 2. The smallest absolute Gasteiger partial charge is 0.346 e. The van der Waals surface area contributed by atoms with Gasteiger partial charge >= 0.3 is 10.4 Å². The van der Waals surface area contributed by atoms with Gasteiger partial charge in [0.05, 0.1) is 13.2 Å². The summed E-state index contributed by atoms with van der Waals surface area (Å²) in [5, 5.41) is 0. The molecule has 2 aliphatic rings. The fourth-order valence-corrected chi connectivity index (χ4v) is 2.76. The van der Waals surface area contributed by atoms with Crippen molar-refractivity contribution < 1.29 is 26.3 Å². The van der Waals surface area contributed by atoms with Crippen LogP contribution in [0.5, 0.6) is 0 Å². The van der Waals surface area contributed by atoms with Gasteiger partial charge in [-0.2, -0.15) is 8.42 Å². The Hall–Kier alpha value is -0.990. The highest BCUT2D eigenvalue weighted by atomic mass is 32.3. The minimum Gasteiger partial charge on any atom is -0.346 e. The van der Waals surface area contributed by atoms with Gasteiger partial charge in [-0.15, -0.1) is 0 Å². The van der Waals surface area contributed by atoms with E-state index in [1.54, 1.807) is 0 Å². The van der Waals surface area contributed by atoms with Crippen LogP contribution in [-0.4, -0.2) is 33.8 Å². The Bertz CT molecular complexity index is 514. The zero-order valence-electron chi connectivity index (χ0n) is 9.39. The maximum Gasteiger partial charge on any atom is 0.400 e. The van der Waals surface area contributed by atoms with Crippen LogP contribution >= 0.6 is 0 Å². The maximum absolute atomic E-state index is 11.1. The number of rotatable bonds is 1. The molecule has 0 amide bonds.